The van der Waals surface area contributed by atoms with Gasteiger partial charge in [-0.25, -0.2) is 0 Å². The minimum absolute atomic E-state index is 0.424. The van der Waals surface area contributed by atoms with Crippen molar-refractivity contribution in [2.24, 2.45) is 34.4 Å². The van der Waals surface area contributed by atoms with E-state index in [4.69, 9.17) is 91.2 Å². The molecule has 0 aromatic heterocycles. The molecule has 12 bridgehead atoms. The molecule has 22 rings (SSSR count). The van der Waals surface area contributed by atoms with Gasteiger partial charge in [-0.15, -0.1) is 0 Å². The molecule has 22 fully saturated rings. The van der Waals surface area contributed by atoms with Crippen LogP contribution in [0.25, 0.3) is 0 Å². The largest absolute Gasteiger partial charge is 0.387 e. The van der Waals surface area contributed by atoms with Crippen LogP contribution in [0.3, 0.4) is 0 Å². The van der Waals surface area contributed by atoms with Gasteiger partial charge in [0.2, 0.25) is 0 Å². The lowest BCUT2D eigenvalue weighted by molar-refractivity contribution is -0.398. The Balaban J connectivity index is 1.19. The summed E-state index contributed by atoms with van der Waals surface area (Å²) in [5.41, 5.74) is 35.8. The Labute approximate surface area is 375 Å². The third-order valence-corrected chi connectivity index (χ3v) is 13.0. The molecule has 30 nitrogen and oxygen atoms in total. The monoisotopic (exact) mass is 966 g/mol. The van der Waals surface area contributed by atoms with Crippen LogP contribution in [0.5, 0.6) is 0 Å². The molecule has 30 atom stereocenters. The molecule has 0 aliphatic carbocycles. The van der Waals surface area contributed by atoms with E-state index in [1.165, 1.54) is 0 Å². The lowest BCUT2D eigenvalue weighted by Gasteiger charge is -2.51. The van der Waals surface area contributed by atoms with Crippen molar-refractivity contribution in [1.29, 1.82) is 0 Å². The first kappa shape index (κ1) is 52.6. The summed E-state index contributed by atoms with van der Waals surface area (Å²) in [7, 11) is 0. The molecule has 384 valence electrons. The molecule has 22 aliphatic rings. The zero-order chi connectivity index (χ0) is 48.0. The van der Waals surface area contributed by atoms with Crippen LogP contribution in [0.2, 0.25) is 0 Å². The van der Waals surface area contributed by atoms with Crippen molar-refractivity contribution in [3.8, 4) is 0 Å². The molecular formula is C36H66N6O24. The molecule has 0 spiro atoms. The first-order valence-corrected chi connectivity index (χ1v) is 21.7. The first-order valence-electron chi connectivity index (χ1n) is 21.7. The van der Waals surface area contributed by atoms with E-state index in [0.717, 1.165) is 0 Å². The standard InChI is InChI=1S/C36H66N6O24/c37-1-7-25-13(43)19(49)31(55-7)62-26-8(2-38)57-33(21(51)15(26)45)64-28-10(4-40)59-35(23(53)17(28)47)66-30-12(6-42)60-36(24(54)18(30)48)65-29-11(5-41)58-34(22(52)16(29)46)63-27-9(3-39)56-32(61-25)20(50)14(27)44/h7-36,43-54H,1-6,37-42H2/t7-,8-,9-,10-,11-,12-,13-,14-,15-,16-,17-,18-,19-,20-,21-,22-,23-,24-,25-,26-,27-,28-,29-,30-,31-,32-,33-,34-,35-,36-/m1/s1. The summed E-state index contributed by atoms with van der Waals surface area (Å²) in [5, 5.41) is 136. The smallest absolute Gasteiger partial charge is 0.187 e. The van der Waals surface area contributed by atoms with Gasteiger partial charge >= 0.3 is 0 Å². The highest BCUT2D eigenvalue weighted by molar-refractivity contribution is 5.01. The molecule has 0 aromatic carbocycles. The fraction of sp³-hybridized carbons (Fsp3) is 1.00. The van der Waals surface area contributed by atoms with Crippen LogP contribution in [0.15, 0.2) is 0 Å². The van der Waals surface area contributed by atoms with Crippen LogP contribution >= 0.6 is 0 Å². The van der Waals surface area contributed by atoms with Crippen molar-refractivity contribution in [2.75, 3.05) is 39.3 Å². The third-order valence-electron chi connectivity index (χ3n) is 13.0. The third kappa shape index (κ3) is 10.0. The fourth-order valence-corrected chi connectivity index (χ4v) is 9.18. The van der Waals surface area contributed by atoms with E-state index in [1.54, 1.807) is 0 Å². The van der Waals surface area contributed by atoms with Gasteiger partial charge in [0.05, 0.1) is 0 Å². The molecule has 22 aliphatic heterocycles. The minimum atomic E-state index is -2.00. The van der Waals surface area contributed by atoms with Gasteiger partial charge in [0.15, 0.2) is 37.7 Å². The molecule has 66 heavy (non-hydrogen) atoms. The summed E-state index contributed by atoms with van der Waals surface area (Å²) in [6.45, 7) is -2.54. The van der Waals surface area contributed by atoms with Crippen molar-refractivity contribution in [3.63, 3.8) is 0 Å². The number of ether oxygens (including phenoxy) is 12. The molecule has 0 saturated carbocycles. The molecule has 24 N–H and O–H groups in total. The SMILES string of the molecule is NC[C@H]1O[C@@H]2O[C@H]3[C@H](O)[C@@H](O)[C@@H](O[C@H]4[C@H](O)[C@@H](O)[C@@H](O[C@H]5[C@H](O)[C@@H](O)[C@@H](O[C@H]6[C@H](O)[C@@H](O)[C@@H](O[C@H]7[C@H](O)[C@@H](O)[C@@H](O[C@H]1[C@H](O)[C@H]2O)O[C@@H]7CN)O[C@@H]6CN)O[C@@H]5CN)O[C@@H]4CN)O[C@@H]3CN. The van der Waals surface area contributed by atoms with Gasteiger partial charge in [-0.2, -0.15) is 0 Å². The van der Waals surface area contributed by atoms with Crippen molar-refractivity contribution in [1.82, 2.24) is 0 Å². The van der Waals surface area contributed by atoms with E-state index in [-0.39, 0.29) is 0 Å². The van der Waals surface area contributed by atoms with Crippen LogP contribution in [-0.4, -0.2) is 285 Å². The number of hydrogen-bond donors (Lipinski definition) is 18. The molecule has 0 amide bonds. The van der Waals surface area contributed by atoms with Crippen LogP contribution in [0.4, 0.5) is 0 Å². The number of nitrogens with two attached hydrogens (primary N) is 6. The van der Waals surface area contributed by atoms with Crippen molar-refractivity contribution < 1.29 is 118 Å². The van der Waals surface area contributed by atoms with Gasteiger partial charge in [-0.3, -0.25) is 0 Å². The number of aliphatic hydroxyl groups excluding tert-OH is 12. The Morgan fingerprint density at radius 2 is 0.318 bits per heavy atom. The topological polar surface area (TPSA) is 510 Å². The second kappa shape index (κ2) is 22.1. The Hall–Kier alpha value is -1.20. The Morgan fingerprint density at radius 3 is 0.424 bits per heavy atom. The zero-order valence-electron chi connectivity index (χ0n) is 35.3. The van der Waals surface area contributed by atoms with Crippen LogP contribution in [-0.2, 0) is 56.8 Å². The average Bonchev–Trinajstić information content (AvgIpc) is 3.31. The Morgan fingerprint density at radius 1 is 0.197 bits per heavy atom. The summed E-state index contributed by atoms with van der Waals surface area (Å²) in [5.74, 6) is 0. The number of aliphatic hydroxyl groups is 12. The van der Waals surface area contributed by atoms with Crippen molar-refractivity contribution in [3.05, 3.63) is 0 Å². The maximum atomic E-state index is 11.3. The highest BCUT2D eigenvalue weighted by Gasteiger charge is 2.58. The summed E-state index contributed by atoms with van der Waals surface area (Å²) >= 11 is 0. The lowest BCUT2D eigenvalue weighted by Crippen LogP contribution is -2.69. The Bertz CT molecular complexity index is 1260. The predicted octanol–water partition coefficient (Wildman–Crippen LogP) is -13.3. The molecule has 22 heterocycles. The molecule has 0 radical (unpaired) electrons. The molecule has 0 unspecified atom stereocenters. The molecule has 30 heteroatoms. The van der Waals surface area contributed by atoms with Crippen molar-refractivity contribution in [2.45, 2.75) is 184 Å². The summed E-state index contributed by atoms with van der Waals surface area (Å²) in [6, 6.07) is 0. The van der Waals surface area contributed by atoms with E-state index < -0.39 is 224 Å². The van der Waals surface area contributed by atoms with Crippen molar-refractivity contribution >= 4 is 0 Å². The van der Waals surface area contributed by atoms with E-state index in [1.807, 2.05) is 0 Å². The van der Waals surface area contributed by atoms with Gasteiger partial charge in [0.1, 0.15) is 146 Å². The average molecular weight is 967 g/mol. The second-order valence-corrected chi connectivity index (χ2v) is 17.2. The van der Waals surface area contributed by atoms with Gasteiger partial charge in [-0.1, -0.05) is 0 Å². The van der Waals surface area contributed by atoms with Crippen LogP contribution < -0.4 is 34.4 Å². The van der Waals surface area contributed by atoms with E-state index in [0.29, 0.717) is 0 Å². The predicted molar refractivity (Wildman–Crippen MR) is 208 cm³/mol. The number of rotatable bonds is 6. The highest BCUT2D eigenvalue weighted by atomic mass is 16.8. The van der Waals surface area contributed by atoms with Crippen LogP contribution in [0.1, 0.15) is 0 Å². The first-order chi connectivity index (χ1) is 31.4. The summed E-state index contributed by atoms with van der Waals surface area (Å²) in [4.78, 5) is 0. The second-order valence-electron chi connectivity index (χ2n) is 17.2. The van der Waals surface area contributed by atoms with Gasteiger partial charge < -0.3 is 153 Å². The molecular weight excluding hydrogens is 900 g/mol. The summed E-state index contributed by atoms with van der Waals surface area (Å²) < 4.78 is 70.3. The maximum absolute atomic E-state index is 11.3. The Kier molecular flexibility index (Phi) is 17.6. The quantitative estimate of drug-likeness (QED) is 0.117. The molecule has 0 aromatic rings. The fourth-order valence-electron chi connectivity index (χ4n) is 9.18. The normalized spacial score (nSPS) is 55.4. The zero-order valence-corrected chi connectivity index (χ0v) is 35.3. The van der Waals surface area contributed by atoms with Crippen LogP contribution in [0, 0.1) is 0 Å². The highest BCUT2D eigenvalue weighted by Crippen LogP contribution is 2.37. The van der Waals surface area contributed by atoms with E-state index >= 15 is 0 Å². The van der Waals surface area contributed by atoms with Gasteiger partial charge in [0.25, 0.3) is 0 Å². The van der Waals surface area contributed by atoms with Gasteiger partial charge in [-0.05, 0) is 0 Å². The van der Waals surface area contributed by atoms with Gasteiger partial charge in [0, 0.05) is 39.3 Å². The minimum Gasteiger partial charge on any atom is -0.387 e. The lowest BCUT2D eigenvalue weighted by atomic mass is 9.94. The summed E-state index contributed by atoms with van der Waals surface area (Å²) in [6.07, 6.45) is -52.2. The molecule has 22 saturated heterocycles. The maximum Gasteiger partial charge on any atom is 0.187 e. The number of hydrogen-bond acceptors (Lipinski definition) is 30. The van der Waals surface area contributed by atoms with E-state index in [9.17, 15) is 61.3 Å². The van der Waals surface area contributed by atoms with E-state index in [2.05, 4.69) is 0 Å².